The smallest absolute Gasteiger partial charge is 0.227 e. The van der Waals surface area contributed by atoms with Gasteiger partial charge in [0.2, 0.25) is 5.89 Å². The third-order valence-electron chi connectivity index (χ3n) is 3.64. The maximum Gasteiger partial charge on any atom is 0.227 e. The molecule has 4 heteroatoms. The van der Waals surface area contributed by atoms with Gasteiger partial charge in [0.25, 0.3) is 0 Å². The summed E-state index contributed by atoms with van der Waals surface area (Å²) in [6, 6.07) is 3.07. The van der Waals surface area contributed by atoms with Crippen LogP contribution in [0.5, 0.6) is 5.75 Å². The molecule has 22 heavy (non-hydrogen) atoms. The summed E-state index contributed by atoms with van der Waals surface area (Å²) in [5, 5.41) is 9.69. The average molecular weight is 297 g/mol. The van der Waals surface area contributed by atoms with Gasteiger partial charge in [0.1, 0.15) is 17.1 Å². The summed E-state index contributed by atoms with van der Waals surface area (Å²) in [5.74, 6) is 0.165. The second kappa shape index (κ2) is 5.64. The normalized spacial score (nSPS) is 15.1. The summed E-state index contributed by atoms with van der Waals surface area (Å²) < 4.78 is 19.9. The number of halogens is 1. The second-order valence-corrected chi connectivity index (χ2v) is 5.08. The minimum atomic E-state index is -0.264. The quantitative estimate of drug-likeness (QED) is 0.851. The topological polar surface area (TPSA) is 46.3 Å². The SMILES string of the molecule is C=Cc1cc(O)cc2nc(C3=CCC=C(CC)C(F)=C3)oc12. The molecular formula is C18H16FNO2. The Morgan fingerprint density at radius 3 is 2.95 bits per heavy atom. The van der Waals surface area contributed by atoms with E-state index in [2.05, 4.69) is 11.6 Å². The molecule has 0 fully saturated rings. The van der Waals surface area contributed by atoms with Crippen molar-refractivity contribution >= 4 is 22.7 Å². The molecule has 1 heterocycles. The molecule has 0 atom stereocenters. The van der Waals surface area contributed by atoms with Crippen LogP contribution in [0.1, 0.15) is 31.2 Å². The molecular weight excluding hydrogens is 281 g/mol. The highest BCUT2D eigenvalue weighted by atomic mass is 19.1. The Bertz CT molecular complexity index is 840. The van der Waals surface area contributed by atoms with Crippen LogP contribution in [0, 0.1) is 0 Å². The zero-order valence-electron chi connectivity index (χ0n) is 12.3. The Labute approximate surface area is 127 Å². The van der Waals surface area contributed by atoms with Gasteiger partial charge in [-0.05, 0) is 30.6 Å². The molecule has 0 bridgehead atoms. The van der Waals surface area contributed by atoms with Gasteiger partial charge < -0.3 is 9.52 Å². The van der Waals surface area contributed by atoms with Crippen molar-refractivity contribution in [2.75, 3.05) is 0 Å². The van der Waals surface area contributed by atoms with Crippen LogP contribution in [0.2, 0.25) is 0 Å². The number of hydrogen-bond donors (Lipinski definition) is 1. The van der Waals surface area contributed by atoms with E-state index in [1.54, 1.807) is 12.1 Å². The van der Waals surface area contributed by atoms with Gasteiger partial charge in [0.05, 0.1) is 0 Å². The monoisotopic (exact) mass is 297 g/mol. The van der Waals surface area contributed by atoms with Gasteiger partial charge in [-0.2, -0.15) is 0 Å². The van der Waals surface area contributed by atoms with E-state index in [0.29, 0.717) is 46.5 Å². The van der Waals surface area contributed by atoms with Crippen molar-refractivity contribution in [2.24, 2.45) is 0 Å². The fourth-order valence-corrected chi connectivity index (χ4v) is 2.49. The summed E-state index contributed by atoms with van der Waals surface area (Å²) in [4.78, 5) is 4.36. The molecule has 1 aliphatic carbocycles. The molecule has 0 spiro atoms. The van der Waals surface area contributed by atoms with Crippen LogP contribution < -0.4 is 0 Å². The minimum Gasteiger partial charge on any atom is -0.508 e. The number of oxazole rings is 1. The van der Waals surface area contributed by atoms with Crippen molar-refractivity contribution in [3.05, 3.63) is 59.8 Å². The molecule has 1 N–H and O–H groups in total. The molecule has 0 radical (unpaired) electrons. The van der Waals surface area contributed by atoms with Gasteiger partial charge in [-0.25, -0.2) is 9.37 Å². The van der Waals surface area contributed by atoms with Crippen molar-refractivity contribution in [2.45, 2.75) is 19.8 Å². The lowest BCUT2D eigenvalue weighted by Crippen LogP contribution is -1.83. The number of nitrogens with zero attached hydrogens (tertiary/aromatic N) is 1. The van der Waals surface area contributed by atoms with Gasteiger partial charge in [-0.3, -0.25) is 0 Å². The number of aromatic hydroxyl groups is 1. The number of phenols is 1. The molecule has 0 aliphatic heterocycles. The predicted octanol–water partition coefficient (Wildman–Crippen LogP) is 5.15. The first-order chi connectivity index (χ1) is 10.6. The Morgan fingerprint density at radius 2 is 2.23 bits per heavy atom. The summed E-state index contributed by atoms with van der Waals surface area (Å²) in [5.41, 5.74) is 2.99. The summed E-state index contributed by atoms with van der Waals surface area (Å²) in [6.45, 7) is 5.62. The van der Waals surface area contributed by atoms with Gasteiger partial charge in [-0.15, -0.1) is 0 Å². The third-order valence-corrected chi connectivity index (χ3v) is 3.64. The molecule has 112 valence electrons. The second-order valence-electron chi connectivity index (χ2n) is 5.08. The van der Waals surface area contributed by atoms with E-state index >= 15 is 0 Å². The summed E-state index contributed by atoms with van der Waals surface area (Å²) in [6.07, 6.45) is 8.04. The Morgan fingerprint density at radius 1 is 1.41 bits per heavy atom. The molecule has 1 aliphatic rings. The highest BCUT2D eigenvalue weighted by Crippen LogP contribution is 2.31. The Balaban J connectivity index is 2.10. The lowest BCUT2D eigenvalue weighted by atomic mass is 10.1. The van der Waals surface area contributed by atoms with Gasteiger partial charge in [-0.1, -0.05) is 31.7 Å². The number of fused-ring (bicyclic) bond motifs is 1. The summed E-state index contributed by atoms with van der Waals surface area (Å²) >= 11 is 0. The van der Waals surface area contributed by atoms with E-state index in [0.717, 1.165) is 0 Å². The largest absolute Gasteiger partial charge is 0.508 e. The van der Waals surface area contributed by atoms with Gasteiger partial charge in [0, 0.05) is 17.2 Å². The molecule has 3 nitrogen and oxygen atoms in total. The van der Waals surface area contributed by atoms with E-state index in [1.165, 1.54) is 12.1 Å². The van der Waals surface area contributed by atoms with Gasteiger partial charge >= 0.3 is 0 Å². The van der Waals surface area contributed by atoms with E-state index in [1.807, 2.05) is 19.1 Å². The lowest BCUT2D eigenvalue weighted by Gasteiger charge is -1.98. The predicted molar refractivity (Wildman–Crippen MR) is 85.9 cm³/mol. The lowest BCUT2D eigenvalue weighted by molar-refractivity contribution is 0.475. The Kier molecular flexibility index (Phi) is 3.67. The van der Waals surface area contributed by atoms with E-state index < -0.39 is 0 Å². The highest BCUT2D eigenvalue weighted by molar-refractivity contribution is 5.86. The maximum absolute atomic E-state index is 14.1. The van der Waals surface area contributed by atoms with Crippen molar-refractivity contribution in [1.82, 2.24) is 4.98 Å². The van der Waals surface area contributed by atoms with E-state index in [9.17, 15) is 9.50 Å². The van der Waals surface area contributed by atoms with Crippen molar-refractivity contribution < 1.29 is 13.9 Å². The first-order valence-electron chi connectivity index (χ1n) is 7.15. The van der Waals surface area contributed by atoms with Crippen LogP contribution in [0.4, 0.5) is 4.39 Å². The van der Waals surface area contributed by atoms with Crippen molar-refractivity contribution in [3.8, 4) is 5.75 Å². The zero-order chi connectivity index (χ0) is 15.7. The number of benzene rings is 1. The molecule has 1 aromatic heterocycles. The van der Waals surface area contributed by atoms with E-state index in [-0.39, 0.29) is 11.6 Å². The molecule has 3 rings (SSSR count). The zero-order valence-corrected chi connectivity index (χ0v) is 12.3. The van der Waals surface area contributed by atoms with Crippen LogP contribution in [-0.4, -0.2) is 10.1 Å². The molecule has 1 aromatic carbocycles. The standard InChI is InChI=1S/C18H16FNO2/c1-3-11-6-5-7-13(9-15(11)19)18-20-16-10-14(21)8-12(4-2)17(16)22-18/h4,6-10,21H,2-3,5H2,1H3. The van der Waals surface area contributed by atoms with E-state index in [4.69, 9.17) is 4.42 Å². The number of hydrogen-bond acceptors (Lipinski definition) is 3. The molecule has 0 saturated carbocycles. The number of aromatic nitrogens is 1. The van der Waals surface area contributed by atoms with Crippen LogP contribution in [-0.2, 0) is 0 Å². The van der Waals surface area contributed by atoms with Crippen molar-refractivity contribution in [1.29, 1.82) is 0 Å². The molecule has 2 aromatic rings. The summed E-state index contributed by atoms with van der Waals surface area (Å²) in [7, 11) is 0. The number of allylic oxidation sites excluding steroid dienone is 6. The van der Waals surface area contributed by atoms with Gasteiger partial charge in [0.15, 0.2) is 5.58 Å². The molecule has 0 amide bonds. The Hall–Kier alpha value is -2.62. The number of phenolic OH excluding ortho intramolecular Hbond substituents is 1. The average Bonchev–Trinajstić information content (AvgIpc) is 2.83. The third kappa shape index (κ3) is 2.48. The van der Waals surface area contributed by atoms with Crippen LogP contribution in [0.15, 0.2) is 52.8 Å². The van der Waals surface area contributed by atoms with Crippen LogP contribution >= 0.6 is 0 Å². The molecule has 0 unspecified atom stereocenters. The highest BCUT2D eigenvalue weighted by Gasteiger charge is 2.15. The van der Waals surface area contributed by atoms with Crippen LogP contribution in [0.25, 0.3) is 22.7 Å². The van der Waals surface area contributed by atoms with Crippen LogP contribution in [0.3, 0.4) is 0 Å². The minimum absolute atomic E-state index is 0.0914. The molecule has 0 saturated heterocycles. The fourth-order valence-electron chi connectivity index (χ4n) is 2.49. The first kappa shape index (κ1) is 14.3. The first-order valence-corrected chi connectivity index (χ1v) is 7.15. The fraction of sp³-hybridized carbons (Fsp3) is 0.167. The number of rotatable bonds is 3. The van der Waals surface area contributed by atoms with Crippen molar-refractivity contribution in [3.63, 3.8) is 0 Å². The maximum atomic E-state index is 14.1.